The van der Waals surface area contributed by atoms with Gasteiger partial charge in [-0.3, -0.25) is 0 Å². The molecule has 0 saturated heterocycles. The molecule has 2 aromatic carbocycles. The second-order valence-corrected chi connectivity index (χ2v) is 4.91. The van der Waals surface area contributed by atoms with Gasteiger partial charge >= 0.3 is 5.97 Å². The molecule has 116 valence electrons. The monoisotopic (exact) mass is 309 g/mol. The number of carbonyl (C=O) groups excluding carboxylic acids is 1. The van der Waals surface area contributed by atoms with Gasteiger partial charge in [-0.15, -0.1) is 0 Å². The molecule has 0 radical (unpaired) electrons. The summed E-state index contributed by atoms with van der Waals surface area (Å²) in [6.45, 7) is 0. The minimum atomic E-state index is -1.93. The smallest absolute Gasteiger partial charge is 0.372 e. The molecule has 0 aliphatic heterocycles. The minimum absolute atomic E-state index is 0.266. The summed E-state index contributed by atoms with van der Waals surface area (Å²) in [4.78, 5) is 17.6. The first-order chi connectivity index (χ1) is 11.2. The molecule has 0 fully saturated rings. The van der Waals surface area contributed by atoms with Gasteiger partial charge in [-0.1, -0.05) is 60.7 Å². The van der Waals surface area contributed by atoms with Crippen LogP contribution >= 0.6 is 0 Å². The summed E-state index contributed by atoms with van der Waals surface area (Å²) in [6, 6.07) is 20.5. The summed E-state index contributed by atoms with van der Waals surface area (Å²) in [6.07, 6.45) is 1.44. The Morgan fingerprint density at radius 3 is 1.96 bits per heavy atom. The molecule has 0 amide bonds. The molecule has 0 aliphatic rings. The number of carbonyl (C=O) groups is 1. The van der Waals surface area contributed by atoms with Gasteiger partial charge in [0.25, 0.3) is 0 Å². The Morgan fingerprint density at radius 1 is 0.913 bits per heavy atom. The molecule has 0 unspecified atom stereocenters. The summed E-state index contributed by atoms with van der Waals surface area (Å²) >= 11 is 0. The van der Waals surface area contributed by atoms with Crippen LogP contribution in [0.1, 0.15) is 11.1 Å². The number of nitrogens with one attached hydrogen (secondary N) is 1. The zero-order valence-corrected chi connectivity index (χ0v) is 12.2. The third-order valence-electron chi connectivity index (χ3n) is 3.44. The molecule has 3 rings (SSSR count). The Labute approximate surface area is 133 Å². The van der Waals surface area contributed by atoms with Crippen molar-refractivity contribution in [3.8, 4) is 0 Å². The van der Waals surface area contributed by atoms with Crippen molar-refractivity contribution in [2.45, 2.75) is 5.60 Å². The Balaban J connectivity index is 1.93. The lowest BCUT2D eigenvalue weighted by atomic mass is 9.86. The fourth-order valence-electron chi connectivity index (χ4n) is 2.27. The lowest BCUT2D eigenvalue weighted by Gasteiger charge is -2.26. The highest BCUT2D eigenvalue weighted by Crippen LogP contribution is 2.31. The molecule has 1 heterocycles. The fraction of sp³-hybridized carbons (Fsp3) is 0.0556. The molecular formula is C18H15NO4. The zero-order chi connectivity index (χ0) is 16.1. The first-order valence-corrected chi connectivity index (χ1v) is 7.05. The molecule has 2 N–H and O–H groups in total. The van der Waals surface area contributed by atoms with Crippen LogP contribution in [0.5, 0.6) is 0 Å². The number of benzene rings is 2. The summed E-state index contributed by atoms with van der Waals surface area (Å²) in [7, 11) is 0. The summed E-state index contributed by atoms with van der Waals surface area (Å²) in [5, 5.41) is 11.1. The number of rotatable bonds is 5. The fourth-order valence-corrected chi connectivity index (χ4v) is 2.27. The molecular weight excluding hydrogens is 294 g/mol. The molecule has 1 aromatic heterocycles. The lowest BCUT2D eigenvalue weighted by molar-refractivity contribution is -0.159. The van der Waals surface area contributed by atoms with Crippen LogP contribution in [0, 0.1) is 0 Å². The largest absolute Gasteiger partial charge is 0.446 e. The van der Waals surface area contributed by atoms with Crippen LogP contribution in [0.3, 0.4) is 0 Å². The van der Waals surface area contributed by atoms with Crippen LogP contribution in [0.25, 0.3) is 0 Å². The normalized spacial score (nSPS) is 11.0. The van der Waals surface area contributed by atoms with Crippen molar-refractivity contribution in [3.05, 3.63) is 90.2 Å². The van der Waals surface area contributed by atoms with Crippen molar-refractivity contribution < 1.29 is 19.2 Å². The first-order valence-electron chi connectivity index (χ1n) is 7.05. The van der Waals surface area contributed by atoms with E-state index in [4.69, 9.17) is 9.25 Å². The second-order valence-electron chi connectivity index (χ2n) is 4.91. The highest BCUT2D eigenvalue weighted by molar-refractivity contribution is 5.85. The first kappa shape index (κ1) is 14.9. The average Bonchev–Trinajstić information content (AvgIpc) is 3.14. The van der Waals surface area contributed by atoms with E-state index >= 15 is 0 Å². The summed E-state index contributed by atoms with van der Waals surface area (Å²) < 4.78 is 5.04. The van der Waals surface area contributed by atoms with Crippen LogP contribution < -0.4 is 5.48 Å². The number of aliphatic hydroxyl groups is 1. The van der Waals surface area contributed by atoms with Gasteiger partial charge in [-0.05, 0) is 17.2 Å². The number of furan rings is 1. The van der Waals surface area contributed by atoms with Crippen LogP contribution in [-0.2, 0) is 15.2 Å². The Morgan fingerprint density at radius 2 is 1.48 bits per heavy atom. The Hall–Kier alpha value is -3.05. The molecule has 5 heteroatoms. The van der Waals surface area contributed by atoms with Gasteiger partial charge < -0.3 is 14.4 Å². The number of hydrogen-bond acceptors (Lipinski definition) is 5. The van der Waals surface area contributed by atoms with Crippen molar-refractivity contribution >= 4 is 11.9 Å². The lowest BCUT2D eigenvalue weighted by Crippen LogP contribution is -2.39. The van der Waals surface area contributed by atoms with Gasteiger partial charge in [-0.25, -0.2) is 4.79 Å². The second kappa shape index (κ2) is 6.37. The summed E-state index contributed by atoms with van der Waals surface area (Å²) in [5.41, 5.74) is 1.29. The van der Waals surface area contributed by atoms with Gasteiger partial charge in [0.2, 0.25) is 11.5 Å². The van der Waals surface area contributed by atoms with E-state index in [1.165, 1.54) is 6.26 Å². The highest BCUT2D eigenvalue weighted by atomic mass is 16.7. The van der Waals surface area contributed by atoms with E-state index in [2.05, 4.69) is 5.48 Å². The predicted octanol–water partition coefficient (Wildman–Crippen LogP) is 3.09. The van der Waals surface area contributed by atoms with E-state index in [9.17, 15) is 9.90 Å². The van der Waals surface area contributed by atoms with Crippen LogP contribution in [0.2, 0.25) is 0 Å². The molecule has 3 aromatic rings. The third-order valence-corrected chi connectivity index (χ3v) is 3.44. The van der Waals surface area contributed by atoms with Crippen molar-refractivity contribution in [2.75, 3.05) is 5.48 Å². The summed E-state index contributed by atoms with van der Waals surface area (Å²) in [5.74, 6) is -0.590. The molecule has 23 heavy (non-hydrogen) atoms. The molecule has 0 aliphatic carbocycles. The quantitative estimate of drug-likeness (QED) is 0.709. The predicted molar refractivity (Wildman–Crippen MR) is 84.3 cm³/mol. The van der Waals surface area contributed by atoms with E-state index in [1.807, 2.05) is 0 Å². The average molecular weight is 309 g/mol. The van der Waals surface area contributed by atoms with Crippen LogP contribution in [-0.4, -0.2) is 11.1 Å². The van der Waals surface area contributed by atoms with Gasteiger partial charge in [0.05, 0.1) is 6.26 Å². The number of anilines is 1. The zero-order valence-electron chi connectivity index (χ0n) is 12.2. The number of hydrogen-bond donors (Lipinski definition) is 2. The molecule has 5 nitrogen and oxygen atoms in total. The molecule has 0 bridgehead atoms. The van der Waals surface area contributed by atoms with E-state index in [0.29, 0.717) is 11.1 Å². The van der Waals surface area contributed by atoms with Crippen molar-refractivity contribution in [1.29, 1.82) is 0 Å². The SMILES string of the molecule is O=C(ONc1ccco1)C(O)(c1ccccc1)c1ccccc1. The van der Waals surface area contributed by atoms with Crippen molar-refractivity contribution in [1.82, 2.24) is 0 Å². The topological polar surface area (TPSA) is 71.7 Å². The molecule has 0 atom stereocenters. The standard InChI is InChI=1S/C18H15NO4/c20-17(23-19-16-12-7-13-22-16)18(21,14-8-3-1-4-9-14)15-10-5-2-6-11-15/h1-13,19,21H. The van der Waals surface area contributed by atoms with E-state index < -0.39 is 11.6 Å². The van der Waals surface area contributed by atoms with Gasteiger partial charge in [0, 0.05) is 6.07 Å². The molecule has 0 spiro atoms. The third kappa shape index (κ3) is 2.95. The maximum atomic E-state index is 12.6. The minimum Gasteiger partial charge on any atom is -0.446 e. The Bertz CT molecular complexity index is 715. The van der Waals surface area contributed by atoms with Crippen LogP contribution in [0.15, 0.2) is 83.5 Å². The highest BCUT2D eigenvalue weighted by Gasteiger charge is 2.42. The maximum absolute atomic E-state index is 12.6. The van der Waals surface area contributed by atoms with Gasteiger partial charge in [0.1, 0.15) is 0 Å². The van der Waals surface area contributed by atoms with E-state index in [0.717, 1.165) is 0 Å². The van der Waals surface area contributed by atoms with Gasteiger partial charge in [0.15, 0.2) is 0 Å². The van der Waals surface area contributed by atoms with Crippen molar-refractivity contribution in [2.24, 2.45) is 0 Å². The molecule has 0 saturated carbocycles. The van der Waals surface area contributed by atoms with Crippen LogP contribution in [0.4, 0.5) is 5.88 Å². The van der Waals surface area contributed by atoms with Crippen molar-refractivity contribution in [3.63, 3.8) is 0 Å². The maximum Gasteiger partial charge on any atom is 0.372 e. The Kier molecular flexibility index (Phi) is 4.12. The van der Waals surface area contributed by atoms with Gasteiger partial charge in [-0.2, -0.15) is 5.48 Å². The van der Waals surface area contributed by atoms with E-state index in [1.54, 1.807) is 72.8 Å². The van der Waals surface area contributed by atoms with E-state index in [-0.39, 0.29) is 5.88 Å².